The predicted octanol–water partition coefficient (Wildman–Crippen LogP) is 3.87. The molecular formula is C22H29NO7. The number of methoxy groups -OCH3 is 1. The van der Waals surface area contributed by atoms with Gasteiger partial charge in [-0.2, -0.15) is 0 Å². The van der Waals surface area contributed by atoms with Crippen LogP contribution in [0.5, 0.6) is 11.5 Å². The van der Waals surface area contributed by atoms with Crippen LogP contribution in [0, 0.1) is 6.92 Å². The van der Waals surface area contributed by atoms with Crippen LogP contribution in [-0.4, -0.2) is 48.2 Å². The molecule has 1 aliphatic rings. The molecule has 0 aromatic heterocycles. The third kappa shape index (κ3) is 4.93. The Morgan fingerprint density at radius 2 is 1.87 bits per heavy atom. The Balaban J connectivity index is 2.55. The summed E-state index contributed by atoms with van der Waals surface area (Å²) in [6.45, 7) is 8.39. The molecule has 1 heterocycles. The molecule has 0 aliphatic carbocycles. The molecule has 1 aromatic rings. The van der Waals surface area contributed by atoms with Gasteiger partial charge in [0.2, 0.25) is 0 Å². The smallest absolute Gasteiger partial charge is 0.415 e. The van der Waals surface area contributed by atoms with Gasteiger partial charge in [-0.3, -0.25) is 4.79 Å². The number of amides is 1. The lowest BCUT2D eigenvalue weighted by Crippen LogP contribution is -2.33. The topological polar surface area (TPSA) is 102 Å². The fourth-order valence-corrected chi connectivity index (χ4v) is 3.44. The summed E-state index contributed by atoms with van der Waals surface area (Å²) in [4.78, 5) is 37.4. The Hall–Kier alpha value is -3.03. The van der Waals surface area contributed by atoms with Crippen molar-refractivity contribution in [3.8, 4) is 11.5 Å². The number of carbonyl (C=O) groups is 3. The molecule has 8 nitrogen and oxygen atoms in total. The second-order valence-electron chi connectivity index (χ2n) is 7.08. The van der Waals surface area contributed by atoms with Crippen LogP contribution >= 0.6 is 0 Å². The first-order valence-electron chi connectivity index (χ1n) is 9.98. The van der Waals surface area contributed by atoms with E-state index >= 15 is 0 Å². The molecule has 0 radical (unpaired) electrons. The van der Waals surface area contributed by atoms with Crippen LogP contribution < -0.4 is 9.47 Å². The number of carboxylic acid groups (broad SMARTS) is 1. The standard InChI is InChI=1S/C22H29NO7/c1-6-23(7-2)22(27)30-20-15(10-8-13(3)9-11-17(24)25)19(28-5)14(4)16-12-29-21(26)18(16)20/h8H,6-7,9-12H2,1-5H3,(H,24,25)/b13-8+. The van der Waals surface area contributed by atoms with E-state index in [1.54, 1.807) is 0 Å². The van der Waals surface area contributed by atoms with Crippen LogP contribution in [0.2, 0.25) is 0 Å². The third-order valence-electron chi connectivity index (χ3n) is 5.22. The molecule has 0 saturated heterocycles. The van der Waals surface area contributed by atoms with Crippen molar-refractivity contribution in [1.29, 1.82) is 0 Å². The van der Waals surface area contributed by atoms with Crippen molar-refractivity contribution in [1.82, 2.24) is 4.90 Å². The molecule has 1 N–H and O–H groups in total. The zero-order valence-corrected chi connectivity index (χ0v) is 18.2. The van der Waals surface area contributed by atoms with E-state index in [4.69, 9.17) is 19.3 Å². The van der Waals surface area contributed by atoms with Gasteiger partial charge in [0.25, 0.3) is 0 Å². The highest BCUT2D eigenvalue weighted by Gasteiger charge is 2.34. The number of hydrogen-bond donors (Lipinski definition) is 1. The number of carboxylic acids is 1. The van der Waals surface area contributed by atoms with E-state index < -0.39 is 18.0 Å². The van der Waals surface area contributed by atoms with Crippen molar-refractivity contribution in [2.45, 2.75) is 53.6 Å². The average Bonchev–Trinajstić information content (AvgIpc) is 3.10. The van der Waals surface area contributed by atoms with Crippen molar-refractivity contribution in [3.63, 3.8) is 0 Å². The van der Waals surface area contributed by atoms with Crippen molar-refractivity contribution in [3.05, 3.63) is 33.9 Å². The van der Waals surface area contributed by atoms with Gasteiger partial charge < -0.3 is 24.2 Å². The first kappa shape index (κ1) is 23.3. The molecular weight excluding hydrogens is 390 g/mol. The molecule has 30 heavy (non-hydrogen) atoms. The van der Waals surface area contributed by atoms with Gasteiger partial charge in [0.15, 0.2) is 5.75 Å². The number of carbonyl (C=O) groups excluding carboxylic acids is 2. The lowest BCUT2D eigenvalue weighted by Gasteiger charge is -2.22. The second-order valence-corrected chi connectivity index (χ2v) is 7.08. The number of cyclic esters (lactones) is 1. The van der Waals surface area contributed by atoms with Crippen molar-refractivity contribution >= 4 is 18.0 Å². The number of fused-ring (bicyclic) bond motifs is 1. The molecule has 0 fully saturated rings. The highest BCUT2D eigenvalue weighted by Crippen LogP contribution is 2.43. The highest BCUT2D eigenvalue weighted by atomic mass is 16.6. The summed E-state index contributed by atoms with van der Waals surface area (Å²) in [5.74, 6) is -0.734. The number of hydrogen-bond acceptors (Lipinski definition) is 6. The van der Waals surface area contributed by atoms with Gasteiger partial charge in [0, 0.05) is 30.6 Å². The first-order chi connectivity index (χ1) is 14.2. The van der Waals surface area contributed by atoms with Crippen LogP contribution in [0.25, 0.3) is 0 Å². The minimum absolute atomic E-state index is 0.0266. The summed E-state index contributed by atoms with van der Waals surface area (Å²) in [6, 6.07) is 0. The Morgan fingerprint density at radius 1 is 1.20 bits per heavy atom. The summed E-state index contributed by atoms with van der Waals surface area (Å²) in [5.41, 5.74) is 3.09. The highest BCUT2D eigenvalue weighted by molar-refractivity contribution is 5.99. The van der Waals surface area contributed by atoms with Gasteiger partial charge in [-0.05, 0) is 46.1 Å². The van der Waals surface area contributed by atoms with E-state index in [-0.39, 0.29) is 24.3 Å². The number of esters is 1. The molecule has 0 saturated carbocycles. The van der Waals surface area contributed by atoms with Gasteiger partial charge in [0.1, 0.15) is 17.9 Å². The summed E-state index contributed by atoms with van der Waals surface area (Å²) < 4.78 is 16.5. The number of rotatable bonds is 9. The fraction of sp³-hybridized carbons (Fsp3) is 0.500. The summed E-state index contributed by atoms with van der Waals surface area (Å²) in [7, 11) is 1.52. The first-order valence-corrected chi connectivity index (χ1v) is 9.98. The maximum absolute atomic E-state index is 12.7. The van der Waals surface area contributed by atoms with Gasteiger partial charge in [-0.15, -0.1) is 0 Å². The normalized spacial score (nSPS) is 13.0. The van der Waals surface area contributed by atoms with Gasteiger partial charge in [-0.1, -0.05) is 11.6 Å². The Morgan fingerprint density at radius 3 is 2.43 bits per heavy atom. The van der Waals surface area contributed by atoms with Gasteiger partial charge in [-0.25, -0.2) is 9.59 Å². The van der Waals surface area contributed by atoms with Crippen molar-refractivity contribution < 1.29 is 33.7 Å². The summed E-state index contributed by atoms with van der Waals surface area (Å²) in [6.07, 6.45) is 2.05. The molecule has 1 amide bonds. The maximum atomic E-state index is 12.7. The monoisotopic (exact) mass is 419 g/mol. The zero-order valence-electron chi connectivity index (χ0n) is 18.2. The largest absolute Gasteiger partial charge is 0.496 e. The van der Waals surface area contributed by atoms with Gasteiger partial charge in [0.05, 0.1) is 7.11 Å². The van der Waals surface area contributed by atoms with E-state index in [9.17, 15) is 14.4 Å². The molecule has 164 valence electrons. The number of ether oxygens (including phenoxy) is 3. The van der Waals surface area contributed by atoms with E-state index in [0.29, 0.717) is 42.8 Å². The summed E-state index contributed by atoms with van der Waals surface area (Å²) >= 11 is 0. The Bertz CT molecular complexity index is 869. The Kier molecular flexibility index (Phi) is 7.86. The SMILES string of the molecule is CCN(CC)C(=O)Oc1c(C/C=C(\C)CCC(=O)O)c(OC)c(C)c2c1C(=O)OC2. The molecule has 0 spiro atoms. The minimum Gasteiger partial charge on any atom is -0.496 e. The third-order valence-corrected chi connectivity index (χ3v) is 5.22. The molecule has 1 aliphatic heterocycles. The lowest BCUT2D eigenvalue weighted by molar-refractivity contribution is -0.136. The molecule has 1 aromatic carbocycles. The fourth-order valence-electron chi connectivity index (χ4n) is 3.44. The van der Waals surface area contributed by atoms with E-state index in [1.165, 1.54) is 12.0 Å². The molecule has 8 heteroatoms. The minimum atomic E-state index is -0.870. The van der Waals surface area contributed by atoms with Crippen LogP contribution in [0.15, 0.2) is 11.6 Å². The van der Waals surface area contributed by atoms with Crippen LogP contribution in [0.3, 0.4) is 0 Å². The zero-order chi connectivity index (χ0) is 22.4. The number of aliphatic carboxylic acids is 1. The van der Waals surface area contributed by atoms with Gasteiger partial charge >= 0.3 is 18.0 Å². The van der Waals surface area contributed by atoms with Crippen molar-refractivity contribution in [2.24, 2.45) is 0 Å². The maximum Gasteiger partial charge on any atom is 0.415 e. The summed E-state index contributed by atoms with van der Waals surface area (Å²) in [5, 5.41) is 8.88. The molecule has 0 atom stereocenters. The predicted molar refractivity (Wildman–Crippen MR) is 110 cm³/mol. The number of allylic oxidation sites excluding steroid dienone is 2. The molecule has 0 unspecified atom stereocenters. The van der Waals surface area contributed by atoms with Crippen molar-refractivity contribution in [2.75, 3.05) is 20.2 Å². The molecule has 2 rings (SSSR count). The van der Waals surface area contributed by atoms with E-state index in [2.05, 4.69) is 0 Å². The quantitative estimate of drug-likeness (QED) is 0.479. The number of benzene rings is 1. The Labute approximate surface area is 176 Å². The van der Waals surface area contributed by atoms with E-state index in [1.807, 2.05) is 33.8 Å². The second kappa shape index (κ2) is 10.1. The van der Waals surface area contributed by atoms with Crippen LogP contribution in [0.4, 0.5) is 4.79 Å². The van der Waals surface area contributed by atoms with Crippen LogP contribution in [0.1, 0.15) is 60.7 Å². The number of nitrogens with zero attached hydrogens (tertiary/aromatic N) is 1. The lowest BCUT2D eigenvalue weighted by atomic mass is 9.94. The average molecular weight is 419 g/mol. The van der Waals surface area contributed by atoms with Crippen LogP contribution in [-0.2, 0) is 22.6 Å². The molecule has 0 bridgehead atoms. The van der Waals surface area contributed by atoms with E-state index in [0.717, 1.165) is 11.1 Å².